The maximum absolute atomic E-state index is 4.20. The van der Waals surface area contributed by atoms with Gasteiger partial charge in [-0.05, 0) is 15.9 Å². The molecule has 1 N–H and O–H groups in total. The first-order valence-electron chi connectivity index (χ1n) is 4.43. The highest BCUT2D eigenvalue weighted by atomic mass is 79.9. The summed E-state index contributed by atoms with van der Waals surface area (Å²) in [5, 5.41) is 3.16. The van der Waals surface area contributed by atoms with Crippen molar-refractivity contribution in [1.29, 1.82) is 0 Å². The molecule has 0 aliphatic rings. The van der Waals surface area contributed by atoms with Gasteiger partial charge in [0, 0.05) is 25.5 Å². The second-order valence-electron chi connectivity index (χ2n) is 3.03. The van der Waals surface area contributed by atoms with E-state index in [4.69, 9.17) is 0 Å². The summed E-state index contributed by atoms with van der Waals surface area (Å²) in [5.41, 5.74) is 0. The molecule has 0 saturated carbocycles. The largest absolute Gasteiger partial charge is 0.363 e. The molecule has 5 nitrogen and oxygen atoms in total. The monoisotopic (exact) mass is 267 g/mol. The van der Waals surface area contributed by atoms with Crippen LogP contribution < -0.4 is 5.32 Å². The molecule has 0 aliphatic carbocycles. The minimum atomic E-state index is 0.646. The lowest BCUT2D eigenvalue weighted by atomic mass is 10.5. The number of anilines is 1. The van der Waals surface area contributed by atoms with Crippen molar-refractivity contribution in [3.8, 4) is 0 Å². The summed E-state index contributed by atoms with van der Waals surface area (Å²) in [7, 11) is 1.96. The van der Waals surface area contributed by atoms with Crippen molar-refractivity contribution in [1.82, 2.24) is 19.5 Å². The molecule has 2 aromatic rings. The van der Waals surface area contributed by atoms with Crippen LogP contribution in [0.1, 0.15) is 5.82 Å². The Bertz CT molecular complexity index is 453. The van der Waals surface area contributed by atoms with Crippen molar-refractivity contribution in [2.24, 2.45) is 7.05 Å². The minimum Gasteiger partial charge on any atom is -0.363 e. The molecular weight excluding hydrogens is 258 g/mol. The Labute approximate surface area is 95.7 Å². The molecule has 0 aliphatic heterocycles. The van der Waals surface area contributed by atoms with Crippen LogP contribution in [-0.4, -0.2) is 19.5 Å². The zero-order valence-electron chi connectivity index (χ0n) is 8.18. The van der Waals surface area contributed by atoms with E-state index in [1.165, 1.54) is 6.33 Å². The number of nitrogens with one attached hydrogen (secondary N) is 1. The van der Waals surface area contributed by atoms with Crippen molar-refractivity contribution in [2.45, 2.75) is 6.54 Å². The molecule has 0 amide bonds. The highest BCUT2D eigenvalue weighted by molar-refractivity contribution is 9.10. The van der Waals surface area contributed by atoms with Crippen LogP contribution in [0.4, 0.5) is 5.82 Å². The Kier molecular flexibility index (Phi) is 2.96. The van der Waals surface area contributed by atoms with Gasteiger partial charge in [0.05, 0.1) is 6.54 Å². The number of aryl methyl sites for hydroxylation is 1. The van der Waals surface area contributed by atoms with Gasteiger partial charge >= 0.3 is 0 Å². The van der Waals surface area contributed by atoms with E-state index in [1.54, 1.807) is 6.20 Å². The molecule has 0 unspecified atom stereocenters. The SMILES string of the molecule is Cn1ccnc1CNc1cc(Br)ncn1. The Balaban J connectivity index is 2.02. The highest BCUT2D eigenvalue weighted by Crippen LogP contribution is 2.10. The second-order valence-corrected chi connectivity index (χ2v) is 3.85. The van der Waals surface area contributed by atoms with Gasteiger partial charge in [-0.25, -0.2) is 15.0 Å². The molecule has 0 fully saturated rings. The molecule has 0 spiro atoms. The lowest BCUT2D eigenvalue weighted by Gasteiger charge is -2.05. The zero-order valence-corrected chi connectivity index (χ0v) is 9.77. The third-order valence-electron chi connectivity index (χ3n) is 1.98. The highest BCUT2D eigenvalue weighted by Gasteiger charge is 2.00. The van der Waals surface area contributed by atoms with E-state index in [-0.39, 0.29) is 0 Å². The van der Waals surface area contributed by atoms with Gasteiger partial charge in [-0.2, -0.15) is 0 Å². The van der Waals surface area contributed by atoms with Gasteiger partial charge in [0.1, 0.15) is 22.6 Å². The maximum atomic E-state index is 4.20. The van der Waals surface area contributed by atoms with Crippen molar-refractivity contribution in [3.63, 3.8) is 0 Å². The van der Waals surface area contributed by atoms with Crippen LogP contribution in [0.3, 0.4) is 0 Å². The molecule has 0 aromatic carbocycles. The van der Waals surface area contributed by atoms with Gasteiger partial charge in [-0.3, -0.25) is 0 Å². The van der Waals surface area contributed by atoms with E-state index < -0.39 is 0 Å². The number of halogens is 1. The van der Waals surface area contributed by atoms with Crippen LogP contribution >= 0.6 is 15.9 Å². The van der Waals surface area contributed by atoms with E-state index in [0.717, 1.165) is 16.2 Å². The Morgan fingerprint density at radius 1 is 1.40 bits per heavy atom. The first kappa shape index (κ1) is 10.1. The van der Waals surface area contributed by atoms with Crippen LogP contribution in [0, 0.1) is 0 Å². The second kappa shape index (κ2) is 4.39. The third kappa shape index (κ3) is 2.53. The number of rotatable bonds is 3. The molecule has 2 rings (SSSR count). The Hall–Kier alpha value is -1.43. The van der Waals surface area contributed by atoms with Crippen LogP contribution in [0.2, 0.25) is 0 Å². The average Bonchev–Trinajstić information content (AvgIpc) is 2.61. The fraction of sp³-hybridized carbons (Fsp3) is 0.222. The van der Waals surface area contributed by atoms with Gasteiger partial charge in [-0.15, -0.1) is 0 Å². The van der Waals surface area contributed by atoms with Gasteiger partial charge in [-0.1, -0.05) is 0 Å². The first-order valence-corrected chi connectivity index (χ1v) is 5.22. The fourth-order valence-corrected chi connectivity index (χ4v) is 1.48. The smallest absolute Gasteiger partial charge is 0.130 e. The van der Waals surface area contributed by atoms with E-state index in [2.05, 4.69) is 36.2 Å². The predicted molar refractivity (Wildman–Crippen MR) is 60.3 cm³/mol. The summed E-state index contributed by atoms with van der Waals surface area (Å²) in [6, 6.07) is 1.82. The summed E-state index contributed by atoms with van der Waals surface area (Å²) in [6.07, 6.45) is 5.19. The molecule has 2 aromatic heterocycles. The molecule has 0 saturated heterocycles. The van der Waals surface area contributed by atoms with Crippen molar-refractivity contribution >= 4 is 21.7 Å². The maximum Gasteiger partial charge on any atom is 0.130 e. The molecule has 0 bridgehead atoms. The van der Waals surface area contributed by atoms with Crippen molar-refractivity contribution < 1.29 is 0 Å². The lowest BCUT2D eigenvalue weighted by molar-refractivity contribution is 0.810. The first-order chi connectivity index (χ1) is 7.25. The van der Waals surface area contributed by atoms with E-state index in [9.17, 15) is 0 Å². The summed E-state index contributed by atoms with van der Waals surface area (Å²) in [5.74, 6) is 1.74. The van der Waals surface area contributed by atoms with E-state index in [0.29, 0.717) is 6.54 Å². The number of hydrogen-bond donors (Lipinski definition) is 1. The Morgan fingerprint density at radius 2 is 2.27 bits per heavy atom. The van der Waals surface area contributed by atoms with E-state index >= 15 is 0 Å². The van der Waals surface area contributed by atoms with Crippen LogP contribution in [0.25, 0.3) is 0 Å². The summed E-state index contributed by atoms with van der Waals surface area (Å²) in [4.78, 5) is 12.2. The van der Waals surface area contributed by atoms with Gasteiger partial charge in [0.15, 0.2) is 0 Å². The quantitative estimate of drug-likeness (QED) is 0.859. The average molecular weight is 268 g/mol. The fourth-order valence-electron chi connectivity index (χ4n) is 1.17. The number of hydrogen-bond acceptors (Lipinski definition) is 4. The van der Waals surface area contributed by atoms with Crippen LogP contribution in [0.5, 0.6) is 0 Å². The summed E-state index contributed by atoms with van der Waals surface area (Å²) >= 11 is 3.28. The van der Waals surface area contributed by atoms with Crippen LogP contribution in [0.15, 0.2) is 29.4 Å². The standard InChI is InChI=1S/C9H10BrN5/c1-15-3-2-11-9(15)5-12-8-4-7(10)13-6-14-8/h2-4,6H,5H2,1H3,(H,12,13,14). The lowest BCUT2D eigenvalue weighted by Crippen LogP contribution is -2.06. The molecular formula is C9H10BrN5. The third-order valence-corrected chi connectivity index (χ3v) is 2.42. The minimum absolute atomic E-state index is 0.646. The number of imidazole rings is 1. The molecule has 78 valence electrons. The number of nitrogens with zero attached hydrogens (tertiary/aromatic N) is 4. The van der Waals surface area contributed by atoms with Crippen molar-refractivity contribution in [3.05, 3.63) is 35.2 Å². The van der Waals surface area contributed by atoms with Crippen LogP contribution in [-0.2, 0) is 13.6 Å². The van der Waals surface area contributed by atoms with E-state index in [1.807, 2.05) is 23.9 Å². The van der Waals surface area contributed by atoms with Gasteiger partial charge < -0.3 is 9.88 Å². The van der Waals surface area contributed by atoms with Gasteiger partial charge in [0.25, 0.3) is 0 Å². The molecule has 0 radical (unpaired) electrons. The molecule has 0 atom stereocenters. The summed E-state index contributed by atoms with van der Waals surface area (Å²) < 4.78 is 2.73. The topological polar surface area (TPSA) is 55.6 Å². The summed E-state index contributed by atoms with van der Waals surface area (Å²) in [6.45, 7) is 0.646. The number of aromatic nitrogens is 4. The normalized spacial score (nSPS) is 10.3. The molecule has 15 heavy (non-hydrogen) atoms. The van der Waals surface area contributed by atoms with Crippen molar-refractivity contribution in [2.75, 3.05) is 5.32 Å². The predicted octanol–water partition coefficient (Wildman–Crippen LogP) is 1.58. The molecule has 2 heterocycles. The molecule has 6 heteroatoms. The zero-order chi connectivity index (χ0) is 10.7. The van der Waals surface area contributed by atoms with Gasteiger partial charge in [0.2, 0.25) is 0 Å². The Morgan fingerprint density at radius 3 is 2.93 bits per heavy atom.